The lowest BCUT2D eigenvalue weighted by molar-refractivity contribution is 0.613. The maximum Gasteiger partial charge on any atom is 0.229 e. The molecule has 0 unspecified atom stereocenters. The molecule has 0 fully saturated rings. The zero-order chi connectivity index (χ0) is 22.2. The summed E-state index contributed by atoms with van der Waals surface area (Å²) in [4.78, 5) is 15.1. The average molecular weight is 434 g/mol. The summed E-state index contributed by atoms with van der Waals surface area (Å²) in [6, 6.07) is 7.15. The number of rotatable bonds is 4. The first-order valence-corrected chi connectivity index (χ1v) is 10.8. The molecule has 2 aliphatic heterocycles. The molecule has 0 saturated carbocycles. The number of hydrogen-bond donors (Lipinski definition) is 2. The summed E-state index contributed by atoms with van der Waals surface area (Å²) in [7, 11) is 0. The molecule has 0 bridgehead atoms. The summed E-state index contributed by atoms with van der Waals surface area (Å²) in [5.41, 5.74) is 3.84. The SMILES string of the molecule is CC(C)N1CC=Cc2c(F)cc(-c3nc(Nc4ccc5c(n4)CCNC5)ncc3F)cc21. The molecule has 0 amide bonds. The highest BCUT2D eigenvalue weighted by atomic mass is 19.1. The van der Waals surface area contributed by atoms with Crippen molar-refractivity contribution in [1.82, 2.24) is 20.3 Å². The Balaban J connectivity index is 1.50. The zero-order valence-electron chi connectivity index (χ0n) is 18.0. The van der Waals surface area contributed by atoms with Crippen molar-refractivity contribution in [2.75, 3.05) is 23.3 Å². The third-order valence-electron chi connectivity index (χ3n) is 5.81. The number of pyridine rings is 1. The van der Waals surface area contributed by atoms with Crippen molar-refractivity contribution in [3.05, 3.63) is 65.0 Å². The number of nitrogens with zero attached hydrogens (tertiary/aromatic N) is 4. The second-order valence-corrected chi connectivity index (χ2v) is 8.28. The second-order valence-electron chi connectivity index (χ2n) is 8.28. The van der Waals surface area contributed by atoms with E-state index in [0.29, 0.717) is 23.5 Å². The van der Waals surface area contributed by atoms with Crippen LogP contribution in [-0.2, 0) is 13.0 Å². The Morgan fingerprint density at radius 3 is 2.84 bits per heavy atom. The highest BCUT2D eigenvalue weighted by Crippen LogP contribution is 2.35. The van der Waals surface area contributed by atoms with Gasteiger partial charge in [0, 0.05) is 54.6 Å². The van der Waals surface area contributed by atoms with Crippen LogP contribution in [-0.4, -0.2) is 34.1 Å². The van der Waals surface area contributed by atoms with Crippen molar-refractivity contribution < 1.29 is 8.78 Å². The third kappa shape index (κ3) is 3.82. The Bertz CT molecular complexity index is 1210. The molecule has 6 nitrogen and oxygen atoms in total. The number of hydrogen-bond acceptors (Lipinski definition) is 6. The maximum atomic E-state index is 14.9. The van der Waals surface area contributed by atoms with E-state index < -0.39 is 11.6 Å². The van der Waals surface area contributed by atoms with Crippen LogP contribution in [0, 0.1) is 11.6 Å². The van der Waals surface area contributed by atoms with Crippen LogP contribution in [0.2, 0.25) is 0 Å². The van der Waals surface area contributed by atoms with Gasteiger partial charge in [0.15, 0.2) is 5.82 Å². The number of fused-ring (bicyclic) bond motifs is 2. The standard InChI is InChI=1S/C24H24F2N6/c1-14(2)32-9-3-4-17-18(25)10-16(11-21(17)32)23-19(26)13-28-24(31-23)30-22-6-5-15-12-27-8-7-20(15)29-22/h3-6,10-11,13-14,27H,7-9,12H2,1-2H3,(H,28,29,30,31). The van der Waals surface area contributed by atoms with E-state index in [4.69, 9.17) is 0 Å². The topological polar surface area (TPSA) is 66.0 Å². The van der Waals surface area contributed by atoms with Crippen LogP contribution in [0.1, 0.15) is 30.7 Å². The van der Waals surface area contributed by atoms with Crippen molar-refractivity contribution in [2.45, 2.75) is 32.9 Å². The first-order chi connectivity index (χ1) is 15.5. The lowest BCUT2D eigenvalue weighted by Gasteiger charge is -2.32. The fourth-order valence-electron chi connectivity index (χ4n) is 4.17. The summed E-state index contributed by atoms with van der Waals surface area (Å²) in [5, 5.41) is 6.37. The van der Waals surface area contributed by atoms with E-state index in [-0.39, 0.29) is 17.7 Å². The normalized spacial score (nSPS) is 15.0. The summed E-state index contributed by atoms with van der Waals surface area (Å²) in [6.07, 6.45) is 5.65. The molecule has 32 heavy (non-hydrogen) atoms. The van der Waals surface area contributed by atoms with Crippen molar-refractivity contribution in [3.63, 3.8) is 0 Å². The molecular formula is C24H24F2N6. The molecule has 3 aromatic rings. The van der Waals surface area contributed by atoms with Gasteiger partial charge in [0.1, 0.15) is 17.3 Å². The second kappa shape index (κ2) is 8.27. The Kier molecular flexibility index (Phi) is 5.30. The molecule has 0 spiro atoms. The van der Waals surface area contributed by atoms with Crippen LogP contribution in [0.5, 0.6) is 0 Å². The minimum Gasteiger partial charge on any atom is -0.365 e. The van der Waals surface area contributed by atoms with Crippen LogP contribution in [0.4, 0.5) is 26.2 Å². The van der Waals surface area contributed by atoms with Gasteiger partial charge in [-0.3, -0.25) is 0 Å². The van der Waals surface area contributed by atoms with Crippen molar-refractivity contribution in [2.24, 2.45) is 0 Å². The first-order valence-electron chi connectivity index (χ1n) is 10.8. The van der Waals surface area contributed by atoms with Crippen molar-refractivity contribution in [1.29, 1.82) is 0 Å². The van der Waals surface area contributed by atoms with E-state index in [0.717, 1.165) is 42.7 Å². The summed E-state index contributed by atoms with van der Waals surface area (Å²) < 4.78 is 29.6. The lowest BCUT2D eigenvalue weighted by Crippen LogP contribution is -2.33. The van der Waals surface area contributed by atoms with Gasteiger partial charge in [-0.2, -0.15) is 0 Å². The summed E-state index contributed by atoms with van der Waals surface area (Å²) in [6.45, 7) is 6.44. The predicted molar refractivity (Wildman–Crippen MR) is 122 cm³/mol. The average Bonchev–Trinajstić information content (AvgIpc) is 2.79. The molecule has 4 heterocycles. The van der Waals surface area contributed by atoms with Crippen LogP contribution >= 0.6 is 0 Å². The fraction of sp³-hybridized carbons (Fsp3) is 0.292. The molecule has 0 radical (unpaired) electrons. The van der Waals surface area contributed by atoms with Gasteiger partial charge < -0.3 is 15.5 Å². The van der Waals surface area contributed by atoms with Gasteiger partial charge in [-0.1, -0.05) is 18.2 Å². The van der Waals surface area contributed by atoms with Gasteiger partial charge in [-0.05, 0) is 37.6 Å². The highest BCUT2D eigenvalue weighted by molar-refractivity contribution is 5.78. The van der Waals surface area contributed by atoms with Gasteiger partial charge in [0.25, 0.3) is 0 Å². The molecule has 2 aromatic heterocycles. The minimum absolute atomic E-state index is 0.0459. The Hall–Kier alpha value is -3.39. The number of nitrogens with one attached hydrogen (secondary N) is 2. The minimum atomic E-state index is -0.609. The van der Waals surface area contributed by atoms with Crippen LogP contribution in [0.25, 0.3) is 17.3 Å². The van der Waals surface area contributed by atoms with Gasteiger partial charge in [0.2, 0.25) is 5.95 Å². The largest absolute Gasteiger partial charge is 0.365 e. The summed E-state index contributed by atoms with van der Waals surface area (Å²) >= 11 is 0. The molecule has 8 heteroatoms. The quantitative estimate of drug-likeness (QED) is 0.633. The molecule has 2 N–H and O–H groups in total. The molecule has 0 saturated heterocycles. The predicted octanol–water partition coefficient (Wildman–Crippen LogP) is 4.45. The van der Waals surface area contributed by atoms with Gasteiger partial charge in [-0.15, -0.1) is 0 Å². The smallest absolute Gasteiger partial charge is 0.229 e. The monoisotopic (exact) mass is 434 g/mol. The van der Waals surface area contributed by atoms with E-state index >= 15 is 0 Å². The Morgan fingerprint density at radius 2 is 2.00 bits per heavy atom. The molecule has 5 rings (SSSR count). The van der Waals surface area contributed by atoms with Crippen molar-refractivity contribution >= 4 is 23.5 Å². The van der Waals surface area contributed by atoms with Gasteiger partial charge in [-0.25, -0.2) is 23.7 Å². The molecule has 0 aliphatic carbocycles. The number of aromatic nitrogens is 3. The van der Waals surface area contributed by atoms with E-state index in [1.807, 2.05) is 32.1 Å². The highest BCUT2D eigenvalue weighted by Gasteiger charge is 2.22. The molecule has 164 valence electrons. The molecular weight excluding hydrogens is 410 g/mol. The van der Waals surface area contributed by atoms with E-state index in [1.165, 1.54) is 6.07 Å². The lowest BCUT2D eigenvalue weighted by atomic mass is 10.0. The molecule has 2 aliphatic rings. The number of anilines is 3. The number of halogens is 2. The van der Waals surface area contributed by atoms with E-state index in [9.17, 15) is 8.78 Å². The number of benzene rings is 1. The van der Waals surface area contributed by atoms with E-state index in [1.54, 1.807) is 12.1 Å². The van der Waals surface area contributed by atoms with Crippen LogP contribution in [0.15, 0.2) is 36.5 Å². The maximum absolute atomic E-state index is 14.9. The third-order valence-corrected chi connectivity index (χ3v) is 5.81. The fourth-order valence-corrected chi connectivity index (χ4v) is 4.17. The Labute approximate surface area is 185 Å². The summed E-state index contributed by atoms with van der Waals surface area (Å²) in [5.74, 6) is -0.212. The Morgan fingerprint density at radius 1 is 1.12 bits per heavy atom. The molecule has 1 aromatic carbocycles. The van der Waals surface area contributed by atoms with Crippen molar-refractivity contribution in [3.8, 4) is 11.3 Å². The van der Waals surface area contributed by atoms with Gasteiger partial charge >= 0.3 is 0 Å². The van der Waals surface area contributed by atoms with Gasteiger partial charge in [0.05, 0.1) is 6.20 Å². The van der Waals surface area contributed by atoms with Crippen LogP contribution in [0.3, 0.4) is 0 Å². The zero-order valence-corrected chi connectivity index (χ0v) is 18.0. The first kappa shape index (κ1) is 20.5. The molecule has 0 atom stereocenters. The van der Waals surface area contributed by atoms with Crippen LogP contribution < -0.4 is 15.5 Å². The van der Waals surface area contributed by atoms with E-state index in [2.05, 4.69) is 30.5 Å².